The lowest BCUT2D eigenvalue weighted by Crippen LogP contribution is -2.45. The summed E-state index contributed by atoms with van der Waals surface area (Å²) in [7, 11) is 0. The molecule has 2 aliphatic rings. The highest BCUT2D eigenvalue weighted by molar-refractivity contribution is 5.85. The topological polar surface area (TPSA) is 6.48 Å². The molecular weight excluding hydrogens is 411 g/mol. The Morgan fingerprint density at radius 3 is 2.03 bits per heavy atom. The van der Waals surface area contributed by atoms with Crippen LogP contribution < -0.4 is 0 Å². The normalized spacial score (nSPS) is 18.7. The summed E-state index contributed by atoms with van der Waals surface area (Å²) in [5.74, 6) is 0.815. The molecule has 2 aromatic rings. The number of nitrogens with zero attached hydrogens (tertiary/aromatic N) is 2. The predicted molar refractivity (Wildman–Crippen MR) is 134 cm³/mol. The van der Waals surface area contributed by atoms with E-state index in [0.717, 1.165) is 19.0 Å². The van der Waals surface area contributed by atoms with Crippen LogP contribution in [0.25, 0.3) is 6.08 Å². The van der Waals surface area contributed by atoms with E-state index in [0.29, 0.717) is 0 Å². The van der Waals surface area contributed by atoms with E-state index in [-0.39, 0.29) is 24.8 Å². The molecule has 4 heteroatoms. The molecule has 2 nitrogen and oxygen atoms in total. The van der Waals surface area contributed by atoms with Crippen LogP contribution in [0.3, 0.4) is 0 Å². The fourth-order valence-corrected chi connectivity index (χ4v) is 4.62. The number of benzene rings is 2. The third kappa shape index (κ3) is 7.42. The summed E-state index contributed by atoms with van der Waals surface area (Å²) in [4.78, 5) is 5.16. The third-order valence-corrected chi connectivity index (χ3v) is 6.40. The molecule has 4 rings (SSSR count). The van der Waals surface area contributed by atoms with Crippen molar-refractivity contribution in [2.75, 3.05) is 32.7 Å². The Labute approximate surface area is 195 Å². The Hall–Kier alpha value is -1.32. The van der Waals surface area contributed by atoms with Crippen molar-refractivity contribution in [1.82, 2.24) is 9.80 Å². The Morgan fingerprint density at radius 2 is 1.37 bits per heavy atom. The van der Waals surface area contributed by atoms with Gasteiger partial charge in [0.1, 0.15) is 0 Å². The molecule has 0 bridgehead atoms. The maximum atomic E-state index is 2.60. The van der Waals surface area contributed by atoms with Gasteiger partial charge < -0.3 is 0 Å². The summed E-state index contributed by atoms with van der Waals surface area (Å²) in [5.41, 5.74) is 4.33. The van der Waals surface area contributed by atoms with Crippen LogP contribution in [0.1, 0.15) is 54.7 Å². The van der Waals surface area contributed by atoms with Crippen LogP contribution >= 0.6 is 24.8 Å². The van der Waals surface area contributed by atoms with Crippen molar-refractivity contribution >= 4 is 30.9 Å². The lowest BCUT2D eigenvalue weighted by Gasteiger charge is -2.34. The second-order valence-electron chi connectivity index (χ2n) is 8.47. The highest BCUT2D eigenvalue weighted by Crippen LogP contribution is 2.32. The number of hydrogen-bond acceptors (Lipinski definition) is 2. The molecule has 2 fully saturated rings. The van der Waals surface area contributed by atoms with Gasteiger partial charge in [-0.3, -0.25) is 9.80 Å². The first-order valence-corrected chi connectivity index (χ1v) is 11.1. The molecule has 164 valence electrons. The van der Waals surface area contributed by atoms with E-state index in [1.165, 1.54) is 69.4 Å². The van der Waals surface area contributed by atoms with E-state index in [1.54, 1.807) is 5.56 Å². The van der Waals surface area contributed by atoms with Crippen LogP contribution in [0, 0.1) is 0 Å². The molecule has 1 heterocycles. The second-order valence-corrected chi connectivity index (χ2v) is 8.47. The lowest BCUT2D eigenvalue weighted by molar-refractivity contribution is 0.137. The van der Waals surface area contributed by atoms with Crippen molar-refractivity contribution in [3.8, 4) is 0 Å². The van der Waals surface area contributed by atoms with Gasteiger partial charge in [0.2, 0.25) is 0 Å². The predicted octanol–water partition coefficient (Wildman–Crippen LogP) is 6.41. The molecule has 0 spiro atoms. The summed E-state index contributed by atoms with van der Waals surface area (Å²) in [5, 5.41) is 0. The molecule has 1 aliphatic heterocycles. The molecule has 0 unspecified atom stereocenters. The molecule has 0 radical (unpaired) electrons. The minimum Gasteiger partial charge on any atom is -0.297 e. The van der Waals surface area contributed by atoms with Crippen LogP contribution in [0.15, 0.2) is 60.7 Å². The first-order chi connectivity index (χ1) is 13.9. The first kappa shape index (κ1) is 24.9. The summed E-state index contributed by atoms with van der Waals surface area (Å²) in [6.07, 6.45) is 11.6. The van der Waals surface area contributed by atoms with E-state index in [2.05, 4.69) is 76.5 Å². The largest absolute Gasteiger partial charge is 0.297 e. The average molecular weight is 447 g/mol. The van der Waals surface area contributed by atoms with Crippen LogP contribution in [0.5, 0.6) is 0 Å². The van der Waals surface area contributed by atoms with E-state index < -0.39 is 0 Å². The minimum absolute atomic E-state index is 0. The highest BCUT2D eigenvalue weighted by atomic mass is 35.5. The van der Waals surface area contributed by atoms with Crippen LogP contribution in [-0.2, 0) is 6.54 Å². The van der Waals surface area contributed by atoms with Gasteiger partial charge in [-0.15, -0.1) is 24.8 Å². The van der Waals surface area contributed by atoms with Gasteiger partial charge >= 0.3 is 0 Å². The van der Waals surface area contributed by atoms with Gasteiger partial charge in [-0.05, 0) is 35.4 Å². The second kappa shape index (κ2) is 13.2. The molecule has 30 heavy (non-hydrogen) atoms. The quantitative estimate of drug-likeness (QED) is 0.505. The van der Waals surface area contributed by atoms with Crippen molar-refractivity contribution in [2.24, 2.45) is 0 Å². The molecule has 0 amide bonds. The van der Waals surface area contributed by atoms with Gasteiger partial charge in [-0.1, -0.05) is 86.0 Å². The lowest BCUT2D eigenvalue weighted by atomic mass is 9.84. The summed E-state index contributed by atoms with van der Waals surface area (Å²) in [6.45, 7) is 6.82. The van der Waals surface area contributed by atoms with Gasteiger partial charge in [0.05, 0.1) is 0 Å². The van der Waals surface area contributed by atoms with Crippen LogP contribution in [0.2, 0.25) is 0 Å². The number of hydrogen-bond donors (Lipinski definition) is 0. The average Bonchev–Trinajstić information content (AvgIpc) is 2.77. The fourth-order valence-electron chi connectivity index (χ4n) is 4.62. The van der Waals surface area contributed by atoms with Crippen LogP contribution in [-0.4, -0.2) is 42.5 Å². The number of piperazine rings is 1. The van der Waals surface area contributed by atoms with Crippen molar-refractivity contribution in [3.05, 3.63) is 77.4 Å². The minimum atomic E-state index is 0. The van der Waals surface area contributed by atoms with Gasteiger partial charge in [-0.25, -0.2) is 0 Å². The monoisotopic (exact) mass is 446 g/mol. The van der Waals surface area contributed by atoms with Crippen molar-refractivity contribution in [2.45, 2.75) is 44.6 Å². The van der Waals surface area contributed by atoms with Crippen LogP contribution in [0.4, 0.5) is 0 Å². The van der Waals surface area contributed by atoms with E-state index in [9.17, 15) is 0 Å². The zero-order valence-electron chi connectivity index (χ0n) is 17.9. The molecular formula is C26H36Cl2N2. The van der Waals surface area contributed by atoms with Gasteiger partial charge in [-0.2, -0.15) is 0 Å². The SMILES string of the molecule is C(=C\c1ccccc1)/CN1CCN(Cc2ccc(C3CCCCC3)cc2)CC1.Cl.Cl. The zero-order chi connectivity index (χ0) is 19.0. The van der Waals surface area contributed by atoms with Gasteiger partial charge in [0.25, 0.3) is 0 Å². The number of halogens is 2. The number of rotatable bonds is 6. The molecule has 1 saturated heterocycles. The van der Waals surface area contributed by atoms with Gasteiger partial charge in [0, 0.05) is 39.3 Å². The first-order valence-electron chi connectivity index (χ1n) is 11.1. The molecule has 0 N–H and O–H groups in total. The molecule has 1 aliphatic carbocycles. The van der Waals surface area contributed by atoms with E-state index in [1.807, 2.05) is 0 Å². The fraction of sp³-hybridized carbons (Fsp3) is 0.462. The zero-order valence-corrected chi connectivity index (χ0v) is 19.6. The Bertz CT molecular complexity index is 731. The molecule has 1 saturated carbocycles. The maximum absolute atomic E-state index is 2.60. The Kier molecular flexibility index (Phi) is 11.0. The molecule has 2 aromatic carbocycles. The standard InChI is InChI=1S/C26H34N2.2ClH/c1-3-8-23(9-4-1)10-7-17-27-18-20-28(21-19-27)22-24-13-15-26(16-14-24)25-11-5-2-6-12-25;;/h1,3-4,7-10,13-16,25H,2,5-6,11-12,17-22H2;2*1H/b10-7+;;. The smallest absolute Gasteiger partial charge is 0.0234 e. The van der Waals surface area contributed by atoms with E-state index >= 15 is 0 Å². The Balaban J connectivity index is 0.00000160. The Morgan fingerprint density at radius 1 is 0.733 bits per heavy atom. The summed E-state index contributed by atoms with van der Waals surface area (Å²) >= 11 is 0. The highest BCUT2D eigenvalue weighted by Gasteiger charge is 2.17. The third-order valence-electron chi connectivity index (χ3n) is 6.40. The van der Waals surface area contributed by atoms with Crippen molar-refractivity contribution < 1.29 is 0 Å². The maximum Gasteiger partial charge on any atom is 0.0234 e. The summed E-state index contributed by atoms with van der Waals surface area (Å²) < 4.78 is 0. The van der Waals surface area contributed by atoms with Crippen molar-refractivity contribution in [3.63, 3.8) is 0 Å². The van der Waals surface area contributed by atoms with Crippen molar-refractivity contribution in [1.29, 1.82) is 0 Å². The van der Waals surface area contributed by atoms with E-state index in [4.69, 9.17) is 0 Å². The molecule has 0 aromatic heterocycles. The van der Waals surface area contributed by atoms with Gasteiger partial charge in [0.15, 0.2) is 0 Å². The summed E-state index contributed by atoms with van der Waals surface area (Å²) in [6, 6.07) is 20.1. The molecule has 0 atom stereocenters.